The van der Waals surface area contributed by atoms with Gasteiger partial charge in [0.25, 0.3) is 5.91 Å². The predicted octanol–water partition coefficient (Wildman–Crippen LogP) is 7.11. The third kappa shape index (κ3) is 4.28. The van der Waals surface area contributed by atoms with Gasteiger partial charge in [-0.05, 0) is 74.8 Å². The number of imidazole rings is 1. The Morgan fingerprint density at radius 3 is 2.68 bits per heavy atom. The van der Waals surface area contributed by atoms with Crippen molar-refractivity contribution >= 4 is 46.4 Å². The maximum absolute atomic E-state index is 16.2. The van der Waals surface area contributed by atoms with E-state index in [1.54, 1.807) is 18.2 Å². The molecule has 2 saturated heterocycles. The summed E-state index contributed by atoms with van der Waals surface area (Å²) in [6.45, 7) is 4.22. The molecule has 9 rings (SSSR count). The summed E-state index contributed by atoms with van der Waals surface area (Å²) in [7, 11) is 0. The molecule has 0 unspecified atom stereocenters. The molecule has 4 aromatic rings. The molecule has 5 aliphatic rings. The number of carbonyl (C=O) groups is 2. The van der Waals surface area contributed by atoms with Crippen molar-refractivity contribution in [1.82, 2.24) is 24.2 Å². The zero-order valence-electron chi connectivity index (χ0n) is 25.4. The van der Waals surface area contributed by atoms with E-state index in [-0.39, 0.29) is 36.4 Å². The first kappa shape index (κ1) is 30.8. The second-order valence-electron chi connectivity index (χ2n) is 13.6. The summed E-state index contributed by atoms with van der Waals surface area (Å²) in [6.07, 6.45) is 9.51. The van der Waals surface area contributed by atoms with Crippen LogP contribution < -0.4 is 5.32 Å². The Balaban J connectivity index is 0.00000324. The number of amides is 2. The molecule has 4 atom stereocenters. The highest BCUT2D eigenvalue weighted by Crippen LogP contribution is 2.65. The summed E-state index contributed by atoms with van der Waals surface area (Å²) in [4.78, 5) is 41.7. The summed E-state index contributed by atoms with van der Waals surface area (Å²) in [5.74, 6) is -1.24. The minimum absolute atomic E-state index is 0. The molecule has 3 fully saturated rings. The summed E-state index contributed by atoms with van der Waals surface area (Å²) < 4.78 is 18.4. The first-order chi connectivity index (χ1) is 22.3. The average molecular weight is 676 g/mol. The lowest BCUT2D eigenvalue weighted by atomic mass is 9.71. The highest BCUT2D eigenvalue weighted by atomic mass is 35.5. The Bertz CT molecular complexity index is 1970. The molecule has 47 heavy (non-hydrogen) atoms. The summed E-state index contributed by atoms with van der Waals surface area (Å²) in [6, 6.07) is 8.98. The number of hydrogen-bond acceptors (Lipinski definition) is 5. The first-order valence-corrected chi connectivity index (χ1v) is 17.0. The van der Waals surface area contributed by atoms with Gasteiger partial charge >= 0.3 is 0 Å². The fraction of sp³-hybridized carbons (Fsp3) is 0.444. The van der Waals surface area contributed by atoms with Gasteiger partial charge in [0.2, 0.25) is 5.91 Å². The van der Waals surface area contributed by atoms with Crippen LogP contribution in [0.25, 0.3) is 5.65 Å². The molecule has 2 amide bonds. The number of aromatic nitrogens is 3. The van der Waals surface area contributed by atoms with Gasteiger partial charge in [-0.15, -0.1) is 0 Å². The lowest BCUT2D eigenvalue weighted by Gasteiger charge is -2.40. The van der Waals surface area contributed by atoms with E-state index in [4.69, 9.17) is 28.2 Å². The molecule has 1 saturated carbocycles. The van der Waals surface area contributed by atoms with E-state index in [1.807, 2.05) is 30.2 Å². The number of benzene rings is 1. The summed E-state index contributed by atoms with van der Waals surface area (Å²) in [5.41, 5.74) is 4.73. The second kappa shape index (κ2) is 11.0. The van der Waals surface area contributed by atoms with Gasteiger partial charge in [-0.3, -0.25) is 14.5 Å². The Kier molecular flexibility index (Phi) is 7.21. The van der Waals surface area contributed by atoms with Crippen molar-refractivity contribution in [1.29, 1.82) is 0 Å². The van der Waals surface area contributed by atoms with Crippen LogP contribution in [0.4, 0.5) is 10.1 Å². The summed E-state index contributed by atoms with van der Waals surface area (Å²) >= 11 is 12.8. The fourth-order valence-electron chi connectivity index (χ4n) is 9.00. The fourth-order valence-corrected chi connectivity index (χ4v) is 9.34. The Morgan fingerprint density at radius 1 is 1.13 bits per heavy atom. The molecule has 1 aromatic carbocycles. The van der Waals surface area contributed by atoms with Gasteiger partial charge in [0, 0.05) is 89.4 Å². The monoisotopic (exact) mass is 674 g/mol. The van der Waals surface area contributed by atoms with Gasteiger partial charge in [-0.1, -0.05) is 36.7 Å². The molecule has 2 aliphatic carbocycles. The van der Waals surface area contributed by atoms with E-state index in [2.05, 4.69) is 19.6 Å². The zero-order valence-corrected chi connectivity index (χ0v) is 26.9. The SMILES string of the molecule is C.Cc1c(C(=O)N2CCCCC2)ccn2c3c(nc12)[C@@H]1[C@H](C3)N(CC2CC2)[C@@]2(C(=O)Nc3cc(Cl)ccc32)[C@H]1c1ccnc(Cl)c1F. The third-order valence-corrected chi connectivity index (χ3v) is 11.7. The molecule has 3 aromatic heterocycles. The Morgan fingerprint density at radius 2 is 1.91 bits per heavy atom. The number of pyridine rings is 2. The lowest BCUT2D eigenvalue weighted by Crippen LogP contribution is -2.53. The number of rotatable bonds is 4. The van der Waals surface area contributed by atoms with Crippen LogP contribution in [-0.4, -0.2) is 61.7 Å². The lowest BCUT2D eigenvalue weighted by molar-refractivity contribution is -0.128. The largest absolute Gasteiger partial charge is 0.339 e. The number of carbonyl (C=O) groups excluding carboxylic acids is 2. The molecule has 8 nitrogen and oxygen atoms in total. The van der Waals surface area contributed by atoms with E-state index in [0.717, 1.165) is 73.4 Å². The van der Waals surface area contributed by atoms with Crippen molar-refractivity contribution in [2.75, 3.05) is 25.0 Å². The van der Waals surface area contributed by atoms with E-state index in [9.17, 15) is 9.59 Å². The van der Waals surface area contributed by atoms with Crippen molar-refractivity contribution in [2.45, 2.75) is 76.3 Å². The first-order valence-electron chi connectivity index (χ1n) is 16.3. The van der Waals surface area contributed by atoms with Crippen LogP contribution in [0.1, 0.15) is 89.8 Å². The highest BCUT2D eigenvalue weighted by molar-refractivity contribution is 6.31. The van der Waals surface area contributed by atoms with Gasteiger partial charge in [-0.25, -0.2) is 14.4 Å². The number of hydrogen-bond donors (Lipinski definition) is 1. The van der Waals surface area contributed by atoms with Crippen molar-refractivity contribution in [3.05, 3.63) is 92.4 Å². The van der Waals surface area contributed by atoms with Crippen LogP contribution in [-0.2, 0) is 16.8 Å². The molecule has 244 valence electrons. The van der Waals surface area contributed by atoms with E-state index in [1.165, 1.54) is 6.20 Å². The minimum Gasteiger partial charge on any atom is -0.339 e. The number of anilines is 1. The van der Waals surface area contributed by atoms with Crippen LogP contribution in [0.3, 0.4) is 0 Å². The number of nitrogens with zero attached hydrogens (tertiary/aromatic N) is 5. The van der Waals surface area contributed by atoms with E-state index in [0.29, 0.717) is 40.7 Å². The van der Waals surface area contributed by atoms with Crippen LogP contribution in [0, 0.1) is 18.7 Å². The van der Waals surface area contributed by atoms with Gasteiger partial charge < -0.3 is 14.6 Å². The van der Waals surface area contributed by atoms with E-state index < -0.39 is 17.3 Å². The van der Waals surface area contributed by atoms with E-state index >= 15 is 4.39 Å². The van der Waals surface area contributed by atoms with Gasteiger partial charge in [0.05, 0.1) is 5.69 Å². The second-order valence-corrected chi connectivity index (χ2v) is 14.4. The van der Waals surface area contributed by atoms with Crippen LogP contribution in [0.15, 0.2) is 42.7 Å². The van der Waals surface area contributed by atoms with Crippen LogP contribution in [0.5, 0.6) is 0 Å². The highest BCUT2D eigenvalue weighted by Gasteiger charge is 2.70. The minimum atomic E-state index is -1.19. The molecule has 0 radical (unpaired) electrons. The standard InChI is InChI=1S/C35H33Cl2FN6O2.CH4/c1-18-21(33(45)42-12-3-2-4-13-42)10-14-43-26-16-25-27(30(26)41-32(18)43)28(22-9-11-39-31(37)29(22)38)35(44(25)17-19-5-6-19)23-8-7-20(36)15-24(23)40-34(35)46;/h7-11,14-15,19,25,27-28H,2-6,12-13,16-17H2,1H3,(H,40,46);1H4/t25-,27+,28-,35+;/m0./s1. The normalized spacial score (nSPS) is 26.3. The topological polar surface area (TPSA) is 82.8 Å². The number of piperidine rings is 1. The maximum Gasteiger partial charge on any atom is 0.254 e. The molecule has 11 heteroatoms. The molecule has 1 spiro atoms. The number of halogens is 3. The van der Waals surface area contributed by atoms with Crippen molar-refractivity contribution < 1.29 is 14.0 Å². The van der Waals surface area contributed by atoms with Crippen LogP contribution >= 0.6 is 23.2 Å². The maximum atomic E-state index is 16.2. The van der Waals surface area contributed by atoms with Gasteiger partial charge in [0.15, 0.2) is 11.0 Å². The molecular formula is C36H37Cl2FN6O2. The molecule has 6 heterocycles. The summed E-state index contributed by atoms with van der Waals surface area (Å²) in [5, 5.41) is 3.43. The Labute approximate surface area is 283 Å². The average Bonchev–Trinajstić information content (AvgIpc) is 3.49. The zero-order chi connectivity index (χ0) is 31.5. The van der Waals surface area contributed by atoms with Gasteiger partial charge in [0.1, 0.15) is 11.2 Å². The van der Waals surface area contributed by atoms with Gasteiger partial charge in [-0.2, -0.15) is 0 Å². The molecule has 1 N–H and O–H groups in total. The Hall–Kier alpha value is -3.53. The number of likely N-dealkylation sites (tertiary alicyclic amines) is 2. The number of aryl methyl sites for hydroxylation is 1. The van der Waals surface area contributed by atoms with Crippen molar-refractivity contribution in [3.63, 3.8) is 0 Å². The molecular weight excluding hydrogens is 638 g/mol. The molecule has 0 bridgehead atoms. The third-order valence-electron chi connectivity index (χ3n) is 11.2. The smallest absolute Gasteiger partial charge is 0.254 e. The predicted molar refractivity (Wildman–Crippen MR) is 180 cm³/mol. The molecule has 3 aliphatic heterocycles. The van der Waals surface area contributed by atoms with Crippen molar-refractivity contribution in [2.24, 2.45) is 5.92 Å². The number of nitrogens with one attached hydrogen (secondary N) is 1. The van der Waals surface area contributed by atoms with Crippen molar-refractivity contribution in [3.8, 4) is 0 Å². The quantitative estimate of drug-likeness (QED) is 0.233. The van der Waals surface area contributed by atoms with Crippen LogP contribution in [0.2, 0.25) is 10.2 Å². The number of fused-ring (bicyclic) bond motifs is 7.